The predicted octanol–water partition coefficient (Wildman–Crippen LogP) is 4.84. The van der Waals surface area contributed by atoms with Gasteiger partial charge in [0, 0.05) is 24.3 Å². The fourth-order valence-corrected chi connectivity index (χ4v) is 5.62. The Morgan fingerprint density at radius 1 is 0.812 bits per heavy atom. The fraction of sp³-hybridized carbons (Fsp3) is 0.115. The molecule has 1 aliphatic rings. The molecule has 32 heavy (non-hydrogen) atoms. The quantitative estimate of drug-likeness (QED) is 0.492. The van der Waals surface area contributed by atoms with E-state index in [0.29, 0.717) is 29.1 Å². The molecule has 0 spiro atoms. The summed E-state index contributed by atoms with van der Waals surface area (Å²) in [4.78, 5) is 13.3. The molecule has 0 unspecified atom stereocenters. The van der Waals surface area contributed by atoms with E-state index in [-0.39, 0.29) is 12.5 Å². The number of benzene rings is 4. The van der Waals surface area contributed by atoms with E-state index in [2.05, 4.69) is 5.32 Å². The molecular weight excluding hydrogens is 420 g/mol. The minimum atomic E-state index is -3.56. The third-order valence-corrected chi connectivity index (χ3v) is 7.72. The van der Waals surface area contributed by atoms with Crippen LogP contribution in [-0.4, -0.2) is 25.2 Å². The maximum Gasteiger partial charge on any atom is 0.256 e. The first kappa shape index (κ1) is 20.4. The van der Waals surface area contributed by atoms with Gasteiger partial charge in [-0.2, -0.15) is 4.31 Å². The molecule has 0 aliphatic carbocycles. The van der Waals surface area contributed by atoms with Crippen molar-refractivity contribution in [1.82, 2.24) is 4.31 Å². The maximum absolute atomic E-state index is 13.0. The van der Waals surface area contributed by atoms with E-state index in [0.717, 1.165) is 21.9 Å². The number of nitrogens with zero attached hydrogens (tertiary/aromatic N) is 1. The minimum absolute atomic E-state index is 0.189. The molecule has 0 radical (unpaired) electrons. The monoisotopic (exact) mass is 442 g/mol. The average Bonchev–Trinajstić information content (AvgIpc) is 2.83. The molecule has 0 saturated heterocycles. The summed E-state index contributed by atoms with van der Waals surface area (Å²) < 4.78 is 27.6. The van der Waals surface area contributed by atoms with Gasteiger partial charge < -0.3 is 5.32 Å². The smallest absolute Gasteiger partial charge is 0.256 e. The van der Waals surface area contributed by atoms with Gasteiger partial charge >= 0.3 is 0 Å². The van der Waals surface area contributed by atoms with Gasteiger partial charge in [-0.1, -0.05) is 60.7 Å². The van der Waals surface area contributed by atoms with Crippen molar-refractivity contribution < 1.29 is 13.2 Å². The third kappa shape index (κ3) is 3.79. The highest BCUT2D eigenvalue weighted by Gasteiger charge is 2.28. The molecule has 5 nitrogen and oxygen atoms in total. The van der Waals surface area contributed by atoms with Gasteiger partial charge in [0.25, 0.3) is 5.91 Å². The Morgan fingerprint density at radius 3 is 2.41 bits per heavy atom. The van der Waals surface area contributed by atoms with Crippen LogP contribution in [0.15, 0.2) is 95.9 Å². The van der Waals surface area contributed by atoms with Gasteiger partial charge in [-0.05, 0) is 58.7 Å². The number of nitrogens with one attached hydrogen (secondary N) is 1. The van der Waals surface area contributed by atoms with E-state index in [1.165, 1.54) is 4.31 Å². The highest BCUT2D eigenvalue weighted by Crippen LogP contribution is 2.27. The van der Waals surface area contributed by atoms with Crippen LogP contribution in [0.5, 0.6) is 0 Å². The number of hydrogen-bond acceptors (Lipinski definition) is 3. The predicted molar refractivity (Wildman–Crippen MR) is 126 cm³/mol. The number of fused-ring (bicyclic) bond motifs is 2. The van der Waals surface area contributed by atoms with E-state index in [4.69, 9.17) is 0 Å². The molecule has 1 amide bonds. The van der Waals surface area contributed by atoms with Crippen molar-refractivity contribution in [3.05, 3.63) is 108 Å². The van der Waals surface area contributed by atoms with Crippen LogP contribution in [-0.2, 0) is 23.0 Å². The second-order valence-corrected chi connectivity index (χ2v) is 9.80. The van der Waals surface area contributed by atoms with Crippen molar-refractivity contribution in [2.45, 2.75) is 17.9 Å². The lowest BCUT2D eigenvalue weighted by Gasteiger charge is -2.28. The molecule has 1 N–H and O–H groups in total. The van der Waals surface area contributed by atoms with Gasteiger partial charge in [-0.25, -0.2) is 8.42 Å². The van der Waals surface area contributed by atoms with Crippen LogP contribution in [0.1, 0.15) is 21.5 Å². The van der Waals surface area contributed by atoms with E-state index < -0.39 is 10.0 Å². The zero-order chi connectivity index (χ0) is 22.1. The molecule has 1 aliphatic heterocycles. The first-order chi connectivity index (χ1) is 15.5. The number of carbonyl (C=O) groups is 1. The third-order valence-electron chi connectivity index (χ3n) is 5.86. The molecule has 0 aromatic heterocycles. The van der Waals surface area contributed by atoms with Crippen molar-refractivity contribution in [2.24, 2.45) is 0 Å². The van der Waals surface area contributed by atoms with Crippen molar-refractivity contribution in [3.8, 4) is 0 Å². The Hall–Kier alpha value is -3.48. The van der Waals surface area contributed by atoms with Gasteiger partial charge in [0.2, 0.25) is 10.0 Å². The number of hydrogen-bond donors (Lipinski definition) is 1. The number of amides is 1. The molecular formula is C26H22N2O3S. The van der Waals surface area contributed by atoms with Gasteiger partial charge in [-0.15, -0.1) is 0 Å². The van der Waals surface area contributed by atoms with Crippen molar-refractivity contribution in [2.75, 3.05) is 11.9 Å². The molecule has 1 heterocycles. The highest BCUT2D eigenvalue weighted by molar-refractivity contribution is 7.89. The molecule has 0 bridgehead atoms. The first-order valence-corrected chi connectivity index (χ1v) is 11.9. The van der Waals surface area contributed by atoms with Gasteiger partial charge in [0.05, 0.1) is 4.90 Å². The number of anilines is 1. The normalized spacial score (nSPS) is 14.1. The Balaban J connectivity index is 1.40. The molecule has 0 atom stereocenters. The van der Waals surface area contributed by atoms with Crippen LogP contribution in [0.3, 0.4) is 0 Å². The van der Waals surface area contributed by atoms with Crippen molar-refractivity contribution in [3.63, 3.8) is 0 Å². The van der Waals surface area contributed by atoms with Gasteiger partial charge in [0.1, 0.15) is 0 Å². The summed E-state index contributed by atoms with van der Waals surface area (Å²) in [5.41, 5.74) is 3.27. The summed E-state index contributed by atoms with van der Waals surface area (Å²) in [5.74, 6) is -0.189. The summed E-state index contributed by atoms with van der Waals surface area (Å²) in [6.07, 6.45) is 0.638. The first-order valence-electron chi connectivity index (χ1n) is 10.5. The van der Waals surface area contributed by atoms with Crippen molar-refractivity contribution in [1.29, 1.82) is 0 Å². The average molecular weight is 443 g/mol. The van der Waals surface area contributed by atoms with Crippen LogP contribution >= 0.6 is 0 Å². The maximum atomic E-state index is 13.0. The van der Waals surface area contributed by atoms with Crippen LogP contribution in [0.4, 0.5) is 5.69 Å². The van der Waals surface area contributed by atoms with E-state index in [1.54, 1.807) is 30.3 Å². The van der Waals surface area contributed by atoms with E-state index in [1.807, 2.05) is 60.7 Å². The highest BCUT2D eigenvalue weighted by atomic mass is 32.2. The van der Waals surface area contributed by atoms with E-state index >= 15 is 0 Å². The SMILES string of the molecule is O=C(Nc1ccc2c(c1)CN(S(=O)(=O)c1ccccc1)CC2)c1cccc2ccccc12. The molecule has 5 rings (SSSR count). The van der Waals surface area contributed by atoms with Crippen molar-refractivity contribution >= 4 is 32.4 Å². The minimum Gasteiger partial charge on any atom is -0.322 e. The lowest BCUT2D eigenvalue weighted by Crippen LogP contribution is -2.36. The molecule has 4 aromatic rings. The van der Waals surface area contributed by atoms with Gasteiger partial charge in [-0.3, -0.25) is 4.79 Å². The molecule has 6 heteroatoms. The second-order valence-electron chi connectivity index (χ2n) is 7.87. The molecule has 4 aromatic carbocycles. The molecule has 0 fully saturated rings. The lowest BCUT2D eigenvalue weighted by atomic mass is 10.00. The van der Waals surface area contributed by atoms with E-state index in [9.17, 15) is 13.2 Å². The van der Waals surface area contributed by atoms with Crippen LogP contribution in [0, 0.1) is 0 Å². The summed E-state index contributed by atoms with van der Waals surface area (Å²) in [5, 5.41) is 4.88. The number of rotatable bonds is 4. The Kier molecular flexibility index (Phi) is 5.25. The lowest BCUT2D eigenvalue weighted by molar-refractivity contribution is 0.102. The Bertz CT molecular complexity index is 1410. The Morgan fingerprint density at radius 2 is 1.56 bits per heavy atom. The van der Waals surface area contributed by atoms with Crippen LogP contribution in [0.2, 0.25) is 0 Å². The van der Waals surface area contributed by atoms with Crippen LogP contribution < -0.4 is 5.32 Å². The Labute approximate surface area is 187 Å². The number of carbonyl (C=O) groups excluding carboxylic acids is 1. The zero-order valence-electron chi connectivity index (χ0n) is 17.4. The number of sulfonamides is 1. The fourth-order valence-electron chi connectivity index (χ4n) is 4.18. The summed E-state index contributed by atoms with van der Waals surface area (Å²) in [6, 6.07) is 27.7. The molecule has 0 saturated carbocycles. The topological polar surface area (TPSA) is 66.5 Å². The zero-order valence-corrected chi connectivity index (χ0v) is 18.2. The largest absolute Gasteiger partial charge is 0.322 e. The standard InChI is InChI=1S/C26H22N2O3S/c29-26(25-12-6-8-20-7-4-5-11-24(20)25)27-22-14-13-19-15-16-28(18-21(19)17-22)32(30,31)23-9-2-1-3-10-23/h1-14,17H,15-16,18H2,(H,27,29). The molecule has 160 valence electrons. The summed E-state index contributed by atoms with van der Waals surface area (Å²) in [7, 11) is -3.56. The second kappa shape index (κ2) is 8.22. The summed E-state index contributed by atoms with van der Waals surface area (Å²) in [6.45, 7) is 0.719. The van der Waals surface area contributed by atoms with Gasteiger partial charge in [0.15, 0.2) is 0 Å². The van der Waals surface area contributed by atoms with Crippen LogP contribution in [0.25, 0.3) is 10.8 Å². The summed E-state index contributed by atoms with van der Waals surface area (Å²) >= 11 is 0.